The zero-order valence-electron chi connectivity index (χ0n) is 10.5. The van der Waals surface area contributed by atoms with E-state index < -0.39 is 0 Å². The highest BCUT2D eigenvalue weighted by Gasteiger charge is 2.08. The van der Waals surface area contributed by atoms with Gasteiger partial charge in [0.2, 0.25) is 0 Å². The van der Waals surface area contributed by atoms with Crippen LogP contribution in [0.3, 0.4) is 0 Å². The van der Waals surface area contributed by atoms with Crippen molar-refractivity contribution in [1.29, 1.82) is 0 Å². The van der Waals surface area contributed by atoms with E-state index in [4.69, 9.17) is 0 Å². The molecule has 18 heavy (non-hydrogen) atoms. The van der Waals surface area contributed by atoms with E-state index in [0.717, 1.165) is 22.6 Å². The number of aromatic nitrogens is 2. The summed E-state index contributed by atoms with van der Waals surface area (Å²) in [6.07, 6.45) is 1.81. The Kier molecular flexibility index (Phi) is 2.56. The Morgan fingerprint density at radius 2 is 1.67 bits per heavy atom. The molecule has 0 aliphatic heterocycles. The smallest absolute Gasteiger partial charge is 0.0923 e. The highest BCUT2D eigenvalue weighted by Crippen LogP contribution is 2.28. The molecule has 2 heteroatoms. The molecule has 0 radical (unpaired) electrons. The molecule has 0 atom stereocenters. The molecule has 3 rings (SSSR count). The first-order valence-corrected chi connectivity index (χ1v) is 6.04. The fourth-order valence-corrected chi connectivity index (χ4v) is 2.22. The SMILES string of the molecule is Cc1cnc(C)c(-c2cccc3ccccc23)n1. The van der Waals surface area contributed by atoms with Gasteiger partial charge in [0.05, 0.1) is 17.1 Å². The second-order valence-corrected chi connectivity index (χ2v) is 4.47. The largest absolute Gasteiger partial charge is 0.257 e. The molecule has 3 aromatic rings. The van der Waals surface area contributed by atoms with Gasteiger partial charge in [0, 0.05) is 11.8 Å². The molecule has 0 aliphatic carbocycles. The number of hydrogen-bond donors (Lipinski definition) is 0. The van der Waals surface area contributed by atoms with E-state index in [1.165, 1.54) is 10.8 Å². The number of aryl methyl sites for hydroxylation is 2. The monoisotopic (exact) mass is 234 g/mol. The maximum absolute atomic E-state index is 4.63. The normalized spacial score (nSPS) is 10.8. The minimum atomic E-state index is 0.948. The summed E-state index contributed by atoms with van der Waals surface area (Å²) in [7, 11) is 0. The minimum absolute atomic E-state index is 0.948. The van der Waals surface area contributed by atoms with Crippen molar-refractivity contribution in [2.75, 3.05) is 0 Å². The molecule has 0 amide bonds. The van der Waals surface area contributed by atoms with Gasteiger partial charge in [-0.05, 0) is 24.6 Å². The molecule has 0 bridgehead atoms. The van der Waals surface area contributed by atoms with Crippen LogP contribution >= 0.6 is 0 Å². The number of nitrogens with zero attached hydrogens (tertiary/aromatic N) is 2. The molecule has 2 aromatic carbocycles. The highest BCUT2D eigenvalue weighted by molar-refractivity contribution is 5.96. The van der Waals surface area contributed by atoms with Gasteiger partial charge < -0.3 is 0 Å². The standard InChI is InChI=1S/C16H14N2/c1-11-10-17-12(2)16(18-11)15-9-5-7-13-6-3-4-8-14(13)15/h3-10H,1-2H3. The molecule has 0 saturated carbocycles. The first kappa shape index (κ1) is 10.9. The van der Waals surface area contributed by atoms with Gasteiger partial charge in [0.25, 0.3) is 0 Å². The average molecular weight is 234 g/mol. The maximum Gasteiger partial charge on any atom is 0.0923 e. The topological polar surface area (TPSA) is 25.8 Å². The predicted molar refractivity (Wildman–Crippen MR) is 74.4 cm³/mol. The molecule has 0 N–H and O–H groups in total. The van der Waals surface area contributed by atoms with Crippen molar-refractivity contribution in [3.05, 3.63) is 60.0 Å². The van der Waals surface area contributed by atoms with Crippen molar-refractivity contribution in [2.24, 2.45) is 0 Å². The zero-order valence-corrected chi connectivity index (χ0v) is 10.5. The van der Waals surface area contributed by atoms with Gasteiger partial charge in [-0.1, -0.05) is 42.5 Å². The lowest BCUT2D eigenvalue weighted by Crippen LogP contribution is -1.95. The molecule has 0 unspecified atom stereocenters. The van der Waals surface area contributed by atoms with Crippen LogP contribution in [0.2, 0.25) is 0 Å². The lowest BCUT2D eigenvalue weighted by Gasteiger charge is -2.08. The summed E-state index contributed by atoms with van der Waals surface area (Å²) in [4.78, 5) is 9.03. The van der Waals surface area contributed by atoms with Crippen LogP contribution in [0.5, 0.6) is 0 Å². The van der Waals surface area contributed by atoms with Crippen LogP contribution < -0.4 is 0 Å². The van der Waals surface area contributed by atoms with Gasteiger partial charge in [0.1, 0.15) is 0 Å². The fourth-order valence-electron chi connectivity index (χ4n) is 2.22. The van der Waals surface area contributed by atoms with Crippen molar-refractivity contribution in [3.8, 4) is 11.3 Å². The Hall–Kier alpha value is -2.22. The fraction of sp³-hybridized carbons (Fsp3) is 0.125. The lowest BCUT2D eigenvalue weighted by atomic mass is 10.0. The van der Waals surface area contributed by atoms with Crippen LogP contribution in [0.15, 0.2) is 48.7 Å². The number of rotatable bonds is 1. The van der Waals surface area contributed by atoms with Gasteiger partial charge >= 0.3 is 0 Å². The summed E-state index contributed by atoms with van der Waals surface area (Å²) in [6, 6.07) is 14.7. The van der Waals surface area contributed by atoms with E-state index in [9.17, 15) is 0 Å². The van der Waals surface area contributed by atoms with E-state index >= 15 is 0 Å². The van der Waals surface area contributed by atoms with Crippen molar-refractivity contribution < 1.29 is 0 Å². The van der Waals surface area contributed by atoms with Crippen molar-refractivity contribution >= 4 is 10.8 Å². The first-order valence-electron chi connectivity index (χ1n) is 6.04. The van der Waals surface area contributed by atoms with Crippen molar-refractivity contribution in [1.82, 2.24) is 9.97 Å². The minimum Gasteiger partial charge on any atom is -0.257 e. The Labute approximate surface area is 106 Å². The molecule has 1 aromatic heterocycles. The Bertz CT molecular complexity index is 712. The van der Waals surface area contributed by atoms with Crippen LogP contribution in [0.4, 0.5) is 0 Å². The van der Waals surface area contributed by atoms with E-state index in [1.54, 1.807) is 0 Å². The van der Waals surface area contributed by atoms with Crippen LogP contribution in [0.25, 0.3) is 22.0 Å². The highest BCUT2D eigenvalue weighted by atomic mass is 14.8. The summed E-state index contributed by atoms with van der Waals surface area (Å²) in [5.41, 5.74) is 4.05. The van der Waals surface area contributed by atoms with Gasteiger partial charge in [-0.3, -0.25) is 4.98 Å². The van der Waals surface area contributed by atoms with E-state index in [2.05, 4.69) is 52.4 Å². The van der Waals surface area contributed by atoms with Crippen LogP contribution in [-0.2, 0) is 0 Å². The molecular weight excluding hydrogens is 220 g/mol. The first-order chi connectivity index (χ1) is 8.75. The van der Waals surface area contributed by atoms with E-state index in [1.807, 2.05) is 20.0 Å². The Balaban J connectivity index is 2.35. The van der Waals surface area contributed by atoms with Gasteiger partial charge in [-0.15, -0.1) is 0 Å². The maximum atomic E-state index is 4.63. The molecule has 0 fully saturated rings. The Morgan fingerprint density at radius 1 is 0.889 bits per heavy atom. The third-order valence-electron chi connectivity index (χ3n) is 3.12. The molecular formula is C16H14N2. The van der Waals surface area contributed by atoms with Crippen LogP contribution in [0.1, 0.15) is 11.4 Å². The van der Waals surface area contributed by atoms with Crippen LogP contribution in [-0.4, -0.2) is 9.97 Å². The number of hydrogen-bond acceptors (Lipinski definition) is 2. The second kappa shape index (κ2) is 4.22. The summed E-state index contributed by atoms with van der Waals surface area (Å²) in [5, 5.41) is 2.46. The van der Waals surface area contributed by atoms with Crippen molar-refractivity contribution in [2.45, 2.75) is 13.8 Å². The summed E-state index contributed by atoms with van der Waals surface area (Å²) in [5.74, 6) is 0. The van der Waals surface area contributed by atoms with Gasteiger partial charge in [0.15, 0.2) is 0 Å². The average Bonchev–Trinajstić information content (AvgIpc) is 2.41. The molecule has 0 aliphatic rings. The summed E-state index contributed by atoms with van der Waals surface area (Å²) >= 11 is 0. The quantitative estimate of drug-likeness (QED) is 0.638. The zero-order chi connectivity index (χ0) is 12.5. The van der Waals surface area contributed by atoms with E-state index in [-0.39, 0.29) is 0 Å². The third kappa shape index (κ3) is 1.76. The molecule has 88 valence electrons. The Morgan fingerprint density at radius 3 is 2.56 bits per heavy atom. The van der Waals surface area contributed by atoms with E-state index in [0.29, 0.717) is 0 Å². The molecule has 0 saturated heterocycles. The third-order valence-corrected chi connectivity index (χ3v) is 3.12. The van der Waals surface area contributed by atoms with Gasteiger partial charge in [-0.2, -0.15) is 0 Å². The van der Waals surface area contributed by atoms with Gasteiger partial charge in [-0.25, -0.2) is 4.98 Å². The number of fused-ring (bicyclic) bond motifs is 1. The van der Waals surface area contributed by atoms with Crippen LogP contribution in [0, 0.1) is 13.8 Å². The molecule has 0 spiro atoms. The molecule has 2 nitrogen and oxygen atoms in total. The predicted octanol–water partition coefficient (Wildman–Crippen LogP) is 3.91. The van der Waals surface area contributed by atoms with Crippen molar-refractivity contribution in [3.63, 3.8) is 0 Å². The number of benzene rings is 2. The molecule has 1 heterocycles. The second-order valence-electron chi connectivity index (χ2n) is 4.47. The lowest BCUT2D eigenvalue weighted by molar-refractivity contribution is 1.07. The summed E-state index contributed by atoms with van der Waals surface area (Å²) in [6.45, 7) is 3.98. The summed E-state index contributed by atoms with van der Waals surface area (Å²) < 4.78 is 0.